The standard InChI is InChI=1S/C23H21N5.3ClH.Cr/c1-2-8-17(9-3-1)14-28(15-22-24-18-10-4-5-11-19(18)25-22)16-23-26-20-12-6-7-13-21(20)27-23;;;;/h1-13H,14-16H2,(H,24,25)(H,26,27);3*1H;/q;;;;+3/p-3. The number of halogens is 3. The van der Waals surface area contributed by atoms with Gasteiger partial charge in [0.1, 0.15) is 11.6 Å². The van der Waals surface area contributed by atoms with Crippen LogP contribution in [0.1, 0.15) is 17.2 Å². The first kappa shape index (κ1) is 28.0. The van der Waals surface area contributed by atoms with Gasteiger partial charge in [-0.2, -0.15) is 0 Å². The third-order valence-electron chi connectivity index (χ3n) is 4.87. The number of benzene rings is 3. The monoisotopic (exact) mass is 524 g/mol. The Kier molecular flexibility index (Phi) is 11.3. The Morgan fingerprint density at radius 1 is 0.562 bits per heavy atom. The smallest absolute Gasteiger partial charge is 1.00 e. The van der Waals surface area contributed by atoms with Gasteiger partial charge < -0.3 is 47.2 Å². The molecule has 0 amide bonds. The van der Waals surface area contributed by atoms with Crippen molar-refractivity contribution in [2.24, 2.45) is 0 Å². The van der Waals surface area contributed by atoms with Gasteiger partial charge in [-0.15, -0.1) is 0 Å². The van der Waals surface area contributed by atoms with Gasteiger partial charge in [0.2, 0.25) is 0 Å². The first-order chi connectivity index (χ1) is 13.8. The van der Waals surface area contributed by atoms with Gasteiger partial charge in [-0.05, 0) is 29.8 Å². The van der Waals surface area contributed by atoms with E-state index >= 15 is 0 Å². The molecule has 0 fully saturated rings. The van der Waals surface area contributed by atoms with Crippen LogP contribution in [0.25, 0.3) is 22.1 Å². The van der Waals surface area contributed by atoms with E-state index in [0.29, 0.717) is 0 Å². The topological polar surface area (TPSA) is 60.6 Å². The summed E-state index contributed by atoms with van der Waals surface area (Å²) < 4.78 is 0. The molecule has 0 unspecified atom stereocenters. The Bertz CT molecular complexity index is 1080. The van der Waals surface area contributed by atoms with Crippen molar-refractivity contribution in [1.82, 2.24) is 24.8 Å². The zero-order valence-electron chi connectivity index (χ0n) is 17.0. The van der Waals surface area contributed by atoms with Crippen LogP contribution in [0.15, 0.2) is 78.9 Å². The van der Waals surface area contributed by atoms with Crippen molar-refractivity contribution in [1.29, 1.82) is 0 Å². The third-order valence-corrected chi connectivity index (χ3v) is 4.87. The summed E-state index contributed by atoms with van der Waals surface area (Å²) in [7, 11) is 0. The van der Waals surface area contributed by atoms with E-state index in [4.69, 9.17) is 9.97 Å². The Hall–Kier alpha value is -2.04. The first-order valence-corrected chi connectivity index (χ1v) is 9.47. The second kappa shape index (κ2) is 12.9. The molecular formula is C23H21Cl3CrN5. The molecule has 165 valence electrons. The van der Waals surface area contributed by atoms with Gasteiger partial charge in [0, 0.05) is 6.54 Å². The number of aromatic amines is 2. The molecule has 0 aliphatic rings. The van der Waals surface area contributed by atoms with Crippen LogP contribution >= 0.6 is 0 Å². The summed E-state index contributed by atoms with van der Waals surface area (Å²) in [6, 6.07) is 26.8. The molecule has 5 aromatic rings. The predicted octanol–water partition coefficient (Wildman–Crippen LogP) is -4.35. The molecule has 0 atom stereocenters. The number of nitrogens with zero attached hydrogens (tertiary/aromatic N) is 3. The van der Waals surface area contributed by atoms with Gasteiger partial charge in [0.15, 0.2) is 0 Å². The molecule has 9 heteroatoms. The number of hydrogen-bond donors (Lipinski definition) is 2. The van der Waals surface area contributed by atoms with Crippen LogP contribution in [-0.4, -0.2) is 24.8 Å². The van der Waals surface area contributed by atoms with Crippen molar-refractivity contribution in [3.05, 3.63) is 96.1 Å². The van der Waals surface area contributed by atoms with Crippen LogP contribution in [0.4, 0.5) is 0 Å². The van der Waals surface area contributed by atoms with Crippen molar-refractivity contribution >= 4 is 22.1 Å². The number of rotatable bonds is 6. The average Bonchev–Trinajstić information content (AvgIpc) is 3.31. The summed E-state index contributed by atoms with van der Waals surface area (Å²) in [6.45, 7) is 2.27. The molecule has 0 aliphatic carbocycles. The number of imidazole rings is 2. The molecular weight excluding hydrogens is 505 g/mol. The maximum atomic E-state index is 4.75. The number of fused-ring (bicyclic) bond motifs is 2. The van der Waals surface area contributed by atoms with Gasteiger partial charge in [-0.3, -0.25) is 4.90 Å². The molecule has 1 radical (unpaired) electrons. The van der Waals surface area contributed by atoms with Crippen molar-refractivity contribution < 1.29 is 54.6 Å². The first-order valence-electron chi connectivity index (χ1n) is 9.47. The zero-order valence-corrected chi connectivity index (χ0v) is 20.6. The summed E-state index contributed by atoms with van der Waals surface area (Å²) in [5.41, 5.74) is 5.42. The Balaban J connectivity index is 0.00000128. The van der Waals surface area contributed by atoms with Crippen LogP contribution in [0.3, 0.4) is 0 Å². The molecule has 3 aromatic carbocycles. The van der Waals surface area contributed by atoms with Crippen LogP contribution in [0.2, 0.25) is 0 Å². The quantitative estimate of drug-likeness (QED) is 0.236. The van der Waals surface area contributed by atoms with E-state index in [9.17, 15) is 0 Å². The fourth-order valence-electron chi connectivity index (χ4n) is 3.59. The van der Waals surface area contributed by atoms with Crippen LogP contribution in [-0.2, 0) is 37.0 Å². The second-order valence-corrected chi connectivity index (χ2v) is 7.03. The van der Waals surface area contributed by atoms with Crippen molar-refractivity contribution in [3.8, 4) is 0 Å². The second-order valence-electron chi connectivity index (χ2n) is 7.03. The molecule has 32 heavy (non-hydrogen) atoms. The zero-order chi connectivity index (χ0) is 18.8. The van der Waals surface area contributed by atoms with Gasteiger partial charge in [0.05, 0.1) is 35.2 Å². The summed E-state index contributed by atoms with van der Waals surface area (Å²) in [6.07, 6.45) is 0. The minimum atomic E-state index is 0. The Morgan fingerprint density at radius 2 is 1.00 bits per heavy atom. The maximum Gasteiger partial charge on any atom is 3.00 e. The Labute approximate surface area is 216 Å². The molecule has 5 nitrogen and oxygen atoms in total. The van der Waals surface area contributed by atoms with E-state index < -0.39 is 0 Å². The minimum absolute atomic E-state index is 0. The molecule has 2 heterocycles. The molecule has 0 saturated carbocycles. The van der Waals surface area contributed by atoms with E-state index in [1.807, 2.05) is 42.5 Å². The number of hydrogen-bond acceptors (Lipinski definition) is 3. The van der Waals surface area contributed by atoms with Crippen molar-refractivity contribution in [2.75, 3.05) is 0 Å². The predicted molar refractivity (Wildman–Crippen MR) is 112 cm³/mol. The third kappa shape index (κ3) is 6.49. The van der Waals surface area contributed by atoms with E-state index in [1.165, 1.54) is 5.56 Å². The van der Waals surface area contributed by atoms with Gasteiger partial charge in [-0.25, -0.2) is 9.97 Å². The van der Waals surface area contributed by atoms with Crippen LogP contribution in [0.5, 0.6) is 0 Å². The number of para-hydroxylation sites is 4. The van der Waals surface area contributed by atoms with Crippen molar-refractivity contribution in [3.63, 3.8) is 0 Å². The molecule has 5 rings (SSSR count). The fraction of sp³-hybridized carbons (Fsp3) is 0.130. The molecule has 0 bridgehead atoms. The van der Waals surface area contributed by atoms with E-state index in [0.717, 1.165) is 53.3 Å². The van der Waals surface area contributed by atoms with Crippen LogP contribution < -0.4 is 37.2 Å². The summed E-state index contributed by atoms with van der Waals surface area (Å²) in [5.74, 6) is 1.93. The molecule has 2 aromatic heterocycles. The minimum Gasteiger partial charge on any atom is -1.00 e. The normalized spacial score (nSPS) is 10.2. The largest absolute Gasteiger partial charge is 3.00 e. The van der Waals surface area contributed by atoms with Crippen LogP contribution in [0, 0.1) is 0 Å². The fourth-order valence-corrected chi connectivity index (χ4v) is 3.59. The number of nitrogens with one attached hydrogen (secondary N) is 2. The Morgan fingerprint density at radius 3 is 1.47 bits per heavy atom. The van der Waals surface area contributed by atoms with Gasteiger partial charge in [-0.1, -0.05) is 54.6 Å². The number of H-pyrrole nitrogens is 2. The summed E-state index contributed by atoms with van der Waals surface area (Å²) in [5, 5.41) is 0. The van der Waals surface area contributed by atoms with Gasteiger partial charge in [0.25, 0.3) is 0 Å². The van der Waals surface area contributed by atoms with Crippen molar-refractivity contribution in [2.45, 2.75) is 19.6 Å². The average molecular weight is 526 g/mol. The van der Waals surface area contributed by atoms with E-state index in [-0.39, 0.29) is 54.6 Å². The molecule has 0 saturated heterocycles. The van der Waals surface area contributed by atoms with E-state index in [1.54, 1.807) is 0 Å². The summed E-state index contributed by atoms with van der Waals surface area (Å²) in [4.78, 5) is 18.7. The molecule has 0 spiro atoms. The summed E-state index contributed by atoms with van der Waals surface area (Å²) >= 11 is 0. The maximum absolute atomic E-state index is 4.75. The van der Waals surface area contributed by atoms with E-state index in [2.05, 4.69) is 51.3 Å². The molecule has 0 aliphatic heterocycles. The SMILES string of the molecule is [Cl-].[Cl-].[Cl-].[Cr+3].c1ccc(CN(Cc2nc3ccccc3[nH]2)Cc2nc3ccccc3[nH]2)cc1. The number of aromatic nitrogens is 4. The molecule has 2 N–H and O–H groups in total. The van der Waals surface area contributed by atoms with Gasteiger partial charge >= 0.3 is 17.4 Å².